The highest BCUT2D eigenvalue weighted by molar-refractivity contribution is 5.54. The minimum atomic E-state index is 0.680. The van der Waals surface area contributed by atoms with Crippen molar-refractivity contribution < 1.29 is 14.4 Å². The average molecular weight is 351 g/mol. The summed E-state index contributed by atoms with van der Waals surface area (Å²) in [6.07, 6.45) is 3.01. The van der Waals surface area contributed by atoms with Gasteiger partial charge in [0.25, 0.3) is 11.7 Å². The monoisotopic (exact) mass is 351 g/mol. The SMILES string of the molecule is CCc1ccc(-c2noc(C[NH+]3CCN(c4cccc[nH+]4)CC3)n2)cc1. The maximum atomic E-state index is 5.49. The number of hydrogen-bond acceptors (Lipinski definition) is 4. The highest BCUT2D eigenvalue weighted by atomic mass is 16.5. The summed E-state index contributed by atoms with van der Waals surface area (Å²) in [6.45, 7) is 7.11. The fourth-order valence-electron chi connectivity index (χ4n) is 3.37. The fraction of sp³-hybridized carbons (Fsp3) is 0.350. The van der Waals surface area contributed by atoms with Crippen molar-refractivity contribution in [2.24, 2.45) is 0 Å². The number of nitrogens with one attached hydrogen (secondary N) is 2. The topological polar surface area (TPSA) is 60.7 Å². The van der Waals surface area contributed by atoms with E-state index in [0.717, 1.165) is 44.7 Å². The predicted octanol–water partition coefficient (Wildman–Crippen LogP) is 1.02. The Labute approximate surface area is 153 Å². The molecule has 1 aliphatic rings. The summed E-state index contributed by atoms with van der Waals surface area (Å²) in [5, 5.41) is 4.16. The smallest absolute Gasteiger partial charge is 0.282 e. The Morgan fingerprint density at radius 1 is 1.12 bits per heavy atom. The van der Waals surface area contributed by atoms with Gasteiger partial charge in [0.15, 0.2) is 6.54 Å². The lowest BCUT2D eigenvalue weighted by Crippen LogP contribution is -3.13. The Morgan fingerprint density at radius 2 is 1.92 bits per heavy atom. The number of aromatic nitrogens is 3. The number of anilines is 1. The second kappa shape index (κ2) is 7.66. The largest absolute Gasteiger partial charge is 0.333 e. The van der Waals surface area contributed by atoms with E-state index in [4.69, 9.17) is 4.52 Å². The van der Waals surface area contributed by atoms with Crippen molar-refractivity contribution >= 4 is 5.82 Å². The summed E-state index contributed by atoms with van der Waals surface area (Å²) in [4.78, 5) is 11.8. The Bertz CT molecular complexity index is 823. The van der Waals surface area contributed by atoms with Crippen LogP contribution in [-0.4, -0.2) is 36.3 Å². The second-order valence-electron chi connectivity index (χ2n) is 6.72. The number of aryl methyl sites for hydroxylation is 1. The van der Waals surface area contributed by atoms with E-state index in [1.165, 1.54) is 16.3 Å². The lowest BCUT2D eigenvalue weighted by molar-refractivity contribution is -0.915. The van der Waals surface area contributed by atoms with Crippen LogP contribution < -0.4 is 14.8 Å². The first-order valence-electron chi connectivity index (χ1n) is 9.29. The summed E-state index contributed by atoms with van der Waals surface area (Å²) in [5.41, 5.74) is 2.33. The van der Waals surface area contributed by atoms with Gasteiger partial charge in [0.05, 0.1) is 6.20 Å². The van der Waals surface area contributed by atoms with E-state index >= 15 is 0 Å². The van der Waals surface area contributed by atoms with Gasteiger partial charge >= 0.3 is 0 Å². The lowest BCUT2D eigenvalue weighted by atomic mass is 10.1. The van der Waals surface area contributed by atoms with Crippen LogP contribution in [0.25, 0.3) is 11.4 Å². The highest BCUT2D eigenvalue weighted by Gasteiger charge is 2.27. The highest BCUT2D eigenvalue weighted by Crippen LogP contribution is 2.16. The van der Waals surface area contributed by atoms with Crippen molar-refractivity contribution in [3.63, 3.8) is 0 Å². The van der Waals surface area contributed by atoms with Gasteiger partial charge in [0.1, 0.15) is 26.2 Å². The second-order valence-corrected chi connectivity index (χ2v) is 6.72. The zero-order valence-corrected chi connectivity index (χ0v) is 15.1. The molecule has 6 nitrogen and oxygen atoms in total. The average Bonchev–Trinajstić information content (AvgIpc) is 3.18. The van der Waals surface area contributed by atoms with Gasteiger partial charge in [-0.25, -0.2) is 4.98 Å². The van der Waals surface area contributed by atoms with E-state index in [-0.39, 0.29) is 0 Å². The number of hydrogen-bond donors (Lipinski definition) is 1. The van der Waals surface area contributed by atoms with E-state index in [2.05, 4.69) is 63.3 Å². The molecule has 1 aliphatic heterocycles. The molecule has 3 aromatic rings. The van der Waals surface area contributed by atoms with E-state index in [1.54, 1.807) is 0 Å². The van der Waals surface area contributed by atoms with Crippen molar-refractivity contribution in [3.05, 3.63) is 60.1 Å². The number of quaternary nitrogens is 1. The molecule has 6 heteroatoms. The number of benzene rings is 1. The van der Waals surface area contributed by atoms with Gasteiger partial charge in [-0.05, 0) is 18.1 Å². The van der Waals surface area contributed by atoms with Gasteiger partial charge in [0.2, 0.25) is 5.82 Å². The normalized spacial score (nSPS) is 15.3. The van der Waals surface area contributed by atoms with Crippen molar-refractivity contribution in [3.8, 4) is 11.4 Å². The summed E-state index contributed by atoms with van der Waals surface area (Å²) < 4.78 is 5.49. The molecule has 3 heterocycles. The van der Waals surface area contributed by atoms with E-state index in [0.29, 0.717) is 11.7 Å². The van der Waals surface area contributed by atoms with Gasteiger partial charge in [-0.2, -0.15) is 4.98 Å². The summed E-state index contributed by atoms with van der Waals surface area (Å²) in [7, 11) is 0. The third kappa shape index (κ3) is 3.75. The van der Waals surface area contributed by atoms with E-state index < -0.39 is 0 Å². The number of aromatic amines is 1. The molecule has 1 aromatic carbocycles. The van der Waals surface area contributed by atoms with E-state index in [1.807, 2.05) is 12.3 Å². The number of rotatable bonds is 5. The molecule has 0 unspecified atom stereocenters. The van der Waals surface area contributed by atoms with Crippen LogP contribution in [0.3, 0.4) is 0 Å². The molecule has 0 amide bonds. The summed E-state index contributed by atoms with van der Waals surface area (Å²) >= 11 is 0. The van der Waals surface area contributed by atoms with Gasteiger partial charge in [-0.3, -0.25) is 4.90 Å². The molecule has 1 fully saturated rings. The maximum absolute atomic E-state index is 5.49. The number of pyridine rings is 1. The quantitative estimate of drug-likeness (QED) is 0.746. The van der Waals surface area contributed by atoms with Gasteiger partial charge < -0.3 is 9.42 Å². The Hall–Kier alpha value is -2.73. The van der Waals surface area contributed by atoms with Crippen LogP contribution in [0.15, 0.2) is 53.2 Å². The van der Waals surface area contributed by atoms with Gasteiger partial charge in [-0.1, -0.05) is 42.4 Å². The molecule has 0 radical (unpaired) electrons. The molecule has 2 N–H and O–H groups in total. The zero-order valence-electron chi connectivity index (χ0n) is 15.1. The molecule has 134 valence electrons. The molecule has 0 atom stereocenters. The fourth-order valence-corrected chi connectivity index (χ4v) is 3.37. The zero-order chi connectivity index (χ0) is 17.8. The van der Waals surface area contributed by atoms with Crippen LogP contribution in [0.5, 0.6) is 0 Å². The van der Waals surface area contributed by atoms with Crippen LogP contribution in [0, 0.1) is 0 Å². The number of piperazine rings is 1. The molecule has 26 heavy (non-hydrogen) atoms. The standard InChI is InChI=1S/C20H23N5O/c1-2-16-6-8-17(9-7-16)20-22-19(26-23-20)15-24-11-13-25(14-12-24)18-5-3-4-10-21-18/h3-10H,2,11-15H2,1H3/p+2. The van der Waals surface area contributed by atoms with Crippen LogP contribution in [0.1, 0.15) is 18.4 Å². The minimum absolute atomic E-state index is 0.680. The van der Waals surface area contributed by atoms with Crippen LogP contribution in [0.4, 0.5) is 5.82 Å². The minimum Gasteiger partial charge on any atom is -0.333 e. The van der Waals surface area contributed by atoms with Crippen LogP contribution in [-0.2, 0) is 13.0 Å². The Balaban J connectivity index is 1.35. The molecular weight excluding hydrogens is 326 g/mol. The van der Waals surface area contributed by atoms with Crippen molar-refractivity contribution in [1.29, 1.82) is 0 Å². The third-order valence-electron chi connectivity index (χ3n) is 4.99. The van der Waals surface area contributed by atoms with Crippen molar-refractivity contribution in [2.45, 2.75) is 19.9 Å². The number of H-pyrrole nitrogens is 1. The van der Waals surface area contributed by atoms with Gasteiger partial charge in [0, 0.05) is 11.6 Å². The van der Waals surface area contributed by atoms with Gasteiger partial charge in [-0.15, -0.1) is 0 Å². The molecule has 0 bridgehead atoms. The Morgan fingerprint density at radius 3 is 2.62 bits per heavy atom. The van der Waals surface area contributed by atoms with Crippen LogP contribution in [0.2, 0.25) is 0 Å². The third-order valence-corrected chi connectivity index (χ3v) is 4.99. The molecule has 1 saturated heterocycles. The number of nitrogens with zero attached hydrogens (tertiary/aromatic N) is 3. The molecule has 4 rings (SSSR count). The van der Waals surface area contributed by atoms with Crippen molar-refractivity contribution in [1.82, 2.24) is 10.1 Å². The van der Waals surface area contributed by atoms with Crippen LogP contribution >= 0.6 is 0 Å². The first-order valence-corrected chi connectivity index (χ1v) is 9.29. The first kappa shape index (κ1) is 16.7. The van der Waals surface area contributed by atoms with E-state index in [9.17, 15) is 0 Å². The molecule has 0 aliphatic carbocycles. The molecule has 0 spiro atoms. The molecule has 0 saturated carbocycles. The molecule has 2 aromatic heterocycles. The Kier molecular flexibility index (Phi) is 4.93. The lowest BCUT2D eigenvalue weighted by Gasteiger charge is -2.27. The predicted molar refractivity (Wildman–Crippen MR) is 98.7 cm³/mol. The first-order chi connectivity index (χ1) is 12.8. The summed E-state index contributed by atoms with van der Waals surface area (Å²) in [5.74, 6) is 2.58. The molecular formula is C20H25N5O+2. The maximum Gasteiger partial charge on any atom is 0.282 e. The van der Waals surface area contributed by atoms with Crippen molar-refractivity contribution in [2.75, 3.05) is 31.1 Å². The summed E-state index contributed by atoms with van der Waals surface area (Å²) in [6, 6.07) is 14.6.